The van der Waals surface area contributed by atoms with Gasteiger partial charge in [0.25, 0.3) is 0 Å². The summed E-state index contributed by atoms with van der Waals surface area (Å²) in [7, 11) is 1.52. The molecule has 0 N–H and O–H groups in total. The first-order valence-electron chi connectivity index (χ1n) is 5.13. The molecule has 0 aromatic heterocycles. The number of carbonyl (C=O) groups excluding carboxylic acids is 1. The number of benzene rings is 1. The number of hydrogen-bond acceptors (Lipinski definition) is 3. The maximum atomic E-state index is 11.7. The fraction of sp³-hybridized carbons (Fsp3) is 0.417. The minimum Gasteiger partial charge on any atom is -0.495 e. The molecule has 0 aliphatic rings. The van der Waals surface area contributed by atoms with E-state index in [2.05, 4.69) is 0 Å². The van der Waals surface area contributed by atoms with Gasteiger partial charge in [-0.05, 0) is 25.1 Å². The van der Waals surface area contributed by atoms with Gasteiger partial charge in [0, 0.05) is 18.6 Å². The predicted octanol–water partition coefficient (Wildman–Crippen LogP) is 2.96. The molecule has 0 spiro atoms. The van der Waals surface area contributed by atoms with Crippen LogP contribution in [0.5, 0.6) is 5.75 Å². The Bertz CT molecular complexity index is 363. The van der Waals surface area contributed by atoms with Gasteiger partial charge in [-0.1, -0.05) is 11.6 Å². The van der Waals surface area contributed by atoms with Crippen molar-refractivity contribution in [2.45, 2.75) is 13.3 Å². The standard InChI is InChI=1S/C12H15ClO3/c1-3-16-7-6-11(14)9-4-5-10(13)12(8-9)15-2/h4-5,8H,3,6-7H2,1-2H3. The van der Waals surface area contributed by atoms with Crippen LogP contribution in [0.4, 0.5) is 0 Å². The number of halogens is 1. The Morgan fingerprint density at radius 2 is 2.19 bits per heavy atom. The zero-order chi connectivity index (χ0) is 12.0. The minimum absolute atomic E-state index is 0.0309. The number of Topliss-reactive ketones (excluding diaryl/α,β-unsaturated/α-hetero) is 1. The summed E-state index contributed by atoms with van der Waals surface area (Å²) in [6.45, 7) is 2.97. The molecule has 0 unspecified atom stereocenters. The molecule has 0 heterocycles. The smallest absolute Gasteiger partial charge is 0.165 e. The molecule has 88 valence electrons. The van der Waals surface area contributed by atoms with Crippen LogP contribution in [0.2, 0.25) is 5.02 Å². The number of carbonyl (C=O) groups is 1. The molecule has 4 heteroatoms. The molecule has 0 saturated carbocycles. The molecule has 0 radical (unpaired) electrons. The highest BCUT2D eigenvalue weighted by molar-refractivity contribution is 6.32. The summed E-state index contributed by atoms with van der Waals surface area (Å²) in [5.74, 6) is 0.548. The Hall–Kier alpha value is -1.06. The Kier molecular flexibility index (Phi) is 5.29. The highest BCUT2D eigenvalue weighted by Crippen LogP contribution is 2.25. The second-order valence-corrected chi connectivity index (χ2v) is 3.63. The Labute approximate surface area is 100 Å². The summed E-state index contributed by atoms with van der Waals surface area (Å²) < 4.78 is 10.2. The van der Waals surface area contributed by atoms with E-state index in [1.54, 1.807) is 18.2 Å². The van der Waals surface area contributed by atoms with Crippen LogP contribution in [-0.2, 0) is 4.74 Å². The maximum absolute atomic E-state index is 11.7. The lowest BCUT2D eigenvalue weighted by Gasteiger charge is -2.06. The molecule has 0 aliphatic heterocycles. The molecule has 0 aliphatic carbocycles. The van der Waals surface area contributed by atoms with Crippen molar-refractivity contribution in [3.63, 3.8) is 0 Å². The molecular weight excluding hydrogens is 228 g/mol. The zero-order valence-electron chi connectivity index (χ0n) is 9.46. The fourth-order valence-electron chi connectivity index (χ4n) is 1.29. The van der Waals surface area contributed by atoms with Gasteiger partial charge in [-0.25, -0.2) is 0 Å². The van der Waals surface area contributed by atoms with Crippen molar-refractivity contribution in [2.75, 3.05) is 20.3 Å². The van der Waals surface area contributed by atoms with Gasteiger partial charge in [0.2, 0.25) is 0 Å². The first-order chi connectivity index (χ1) is 7.69. The van der Waals surface area contributed by atoms with Gasteiger partial charge in [0.15, 0.2) is 5.78 Å². The Balaban J connectivity index is 2.68. The fourth-order valence-corrected chi connectivity index (χ4v) is 1.48. The van der Waals surface area contributed by atoms with Crippen molar-refractivity contribution in [3.8, 4) is 5.75 Å². The van der Waals surface area contributed by atoms with Crippen molar-refractivity contribution in [1.82, 2.24) is 0 Å². The highest BCUT2D eigenvalue weighted by Gasteiger charge is 2.09. The summed E-state index contributed by atoms with van der Waals surface area (Å²) >= 11 is 5.87. The zero-order valence-corrected chi connectivity index (χ0v) is 10.2. The lowest BCUT2D eigenvalue weighted by Crippen LogP contribution is -2.05. The molecule has 16 heavy (non-hydrogen) atoms. The van der Waals surface area contributed by atoms with E-state index in [1.165, 1.54) is 7.11 Å². The first kappa shape index (κ1) is 13.0. The monoisotopic (exact) mass is 242 g/mol. The number of methoxy groups -OCH3 is 1. The third-order valence-electron chi connectivity index (χ3n) is 2.15. The van der Waals surface area contributed by atoms with E-state index in [-0.39, 0.29) is 5.78 Å². The van der Waals surface area contributed by atoms with E-state index in [4.69, 9.17) is 21.1 Å². The summed E-state index contributed by atoms with van der Waals surface area (Å²) in [4.78, 5) is 11.7. The molecule has 0 fully saturated rings. The number of hydrogen-bond donors (Lipinski definition) is 0. The molecule has 0 atom stereocenters. The first-order valence-corrected chi connectivity index (χ1v) is 5.51. The molecule has 1 rings (SSSR count). The van der Waals surface area contributed by atoms with Gasteiger partial charge in [-0.3, -0.25) is 4.79 Å². The highest BCUT2D eigenvalue weighted by atomic mass is 35.5. The summed E-state index contributed by atoms with van der Waals surface area (Å²) in [5.41, 5.74) is 0.598. The summed E-state index contributed by atoms with van der Waals surface area (Å²) in [6, 6.07) is 5.00. The molecular formula is C12H15ClO3. The molecule has 3 nitrogen and oxygen atoms in total. The third-order valence-corrected chi connectivity index (χ3v) is 2.46. The van der Waals surface area contributed by atoms with Gasteiger partial charge in [-0.2, -0.15) is 0 Å². The van der Waals surface area contributed by atoms with Crippen LogP contribution in [0.15, 0.2) is 18.2 Å². The van der Waals surface area contributed by atoms with Gasteiger partial charge in [0.1, 0.15) is 5.75 Å². The topological polar surface area (TPSA) is 35.5 Å². The van der Waals surface area contributed by atoms with E-state index in [0.717, 1.165) is 0 Å². The van der Waals surface area contributed by atoms with Crippen LogP contribution in [0.1, 0.15) is 23.7 Å². The van der Waals surface area contributed by atoms with E-state index in [1.807, 2.05) is 6.92 Å². The average Bonchev–Trinajstić information content (AvgIpc) is 2.30. The number of rotatable bonds is 6. The van der Waals surface area contributed by atoms with E-state index in [0.29, 0.717) is 36.0 Å². The minimum atomic E-state index is 0.0309. The van der Waals surface area contributed by atoms with Crippen LogP contribution in [0.3, 0.4) is 0 Å². The lowest BCUT2D eigenvalue weighted by atomic mass is 10.1. The molecule has 1 aromatic rings. The molecule has 1 aromatic carbocycles. The number of ether oxygens (including phenoxy) is 2. The maximum Gasteiger partial charge on any atom is 0.165 e. The van der Waals surface area contributed by atoms with Crippen LogP contribution >= 0.6 is 11.6 Å². The molecule has 0 amide bonds. The van der Waals surface area contributed by atoms with Crippen LogP contribution in [0, 0.1) is 0 Å². The predicted molar refractivity (Wildman–Crippen MR) is 63.4 cm³/mol. The van der Waals surface area contributed by atoms with Crippen molar-refractivity contribution in [2.24, 2.45) is 0 Å². The van der Waals surface area contributed by atoms with Gasteiger partial charge < -0.3 is 9.47 Å². The van der Waals surface area contributed by atoms with Crippen LogP contribution in [-0.4, -0.2) is 26.1 Å². The third kappa shape index (κ3) is 3.51. The van der Waals surface area contributed by atoms with Crippen LogP contribution < -0.4 is 4.74 Å². The quantitative estimate of drug-likeness (QED) is 0.568. The summed E-state index contributed by atoms with van der Waals surface area (Å²) in [6.07, 6.45) is 0.374. The lowest BCUT2D eigenvalue weighted by molar-refractivity contribution is 0.0895. The Morgan fingerprint density at radius 1 is 1.44 bits per heavy atom. The van der Waals surface area contributed by atoms with Gasteiger partial charge in [-0.15, -0.1) is 0 Å². The second-order valence-electron chi connectivity index (χ2n) is 3.22. The van der Waals surface area contributed by atoms with Crippen molar-refractivity contribution in [3.05, 3.63) is 28.8 Å². The summed E-state index contributed by atoms with van der Waals surface area (Å²) in [5, 5.41) is 0.504. The molecule has 0 bridgehead atoms. The number of ketones is 1. The normalized spacial score (nSPS) is 10.2. The SMILES string of the molecule is CCOCCC(=O)c1ccc(Cl)c(OC)c1. The van der Waals surface area contributed by atoms with Crippen molar-refractivity contribution in [1.29, 1.82) is 0 Å². The van der Waals surface area contributed by atoms with Crippen LogP contribution in [0.25, 0.3) is 0 Å². The van der Waals surface area contributed by atoms with Gasteiger partial charge >= 0.3 is 0 Å². The molecule has 0 saturated heterocycles. The van der Waals surface area contributed by atoms with Crippen molar-refractivity contribution >= 4 is 17.4 Å². The average molecular weight is 243 g/mol. The second kappa shape index (κ2) is 6.51. The van der Waals surface area contributed by atoms with E-state index < -0.39 is 0 Å². The van der Waals surface area contributed by atoms with E-state index >= 15 is 0 Å². The Morgan fingerprint density at radius 3 is 2.81 bits per heavy atom. The van der Waals surface area contributed by atoms with E-state index in [9.17, 15) is 4.79 Å². The largest absolute Gasteiger partial charge is 0.495 e. The van der Waals surface area contributed by atoms with Gasteiger partial charge in [0.05, 0.1) is 18.7 Å². The van der Waals surface area contributed by atoms with Crippen molar-refractivity contribution < 1.29 is 14.3 Å².